The molecule has 7 heteroatoms. The Labute approximate surface area is 183 Å². The summed E-state index contributed by atoms with van der Waals surface area (Å²) in [6.07, 6.45) is 0.124. The molecule has 0 heterocycles. The summed E-state index contributed by atoms with van der Waals surface area (Å²) < 4.78 is 10.6. The molecule has 0 atom stereocenters. The molecule has 0 unspecified atom stereocenters. The number of nitrogens with one attached hydrogen (secondary N) is 1. The van der Waals surface area contributed by atoms with Gasteiger partial charge >= 0.3 is 5.97 Å². The predicted octanol–water partition coefficient (Wildman–Crippen LogP) is 3.89. The zero-order chi connectivity index (χ0) is 22.8. The molecule has 2 amide bonds. The van der Waals surface area contributed by atoms with E-state index in [1.165, 1.54) is 0 Å². The molecule has 0 aliphatic heterocycles. The van der Waals surface area contributed by atoms with Crippen molar-refractivity contribution in [3.63, 3.8) is 0 Å². The molecule has 0 saturated carbocycles. The molecular weight excluding hydrogens is 396 g/mol. The summed E-state index contributed by atoms with van der Waals surface area (Å²) in [4.78, 5) is 38.5. The van der Waals surface area contributed by atoms with Crippen LogP contribution in [0.1, 0.15) is 54.0 Å². The van der Waals surface area contributed by atoms with Crippen molar-refractivity contribution in [1.82, 2.24) is 4.90 Å². The molecular formula is C24H30N2O5. The molecule has 7 nitrogen and oxygen atoms in total. The number of ether oxygens (including phenoxy) is 2. The summed E-state index contributed by atoms with van der Waals surface area (Å²) >= 11 is 0. The molecule has 0 spiro atoms. The normalized spacial score (nSPS) is 10.6. The van der Waals surface area contributed by atoms with Gasteiger partial charge in [-0.15, -0.1) is 0 Å². The van der Waals surface area contributed by atoms with Crippen LogP contribution in [-0.4, -0.2) is 48.5 Å². The summed E-state index contributed by atoms with van der Waals surface area (Å²) in [5.74, 6) is -1.17. The van der Waals surface area contributed by atoms with Crippen LogP contribution >= 0.6 is 0 Å². The van der Waals surface area contributed by atoms with Crippen LogP contribution in [0.4, 0.5) is 5.69 Å². The van der Waals surface area contributed by atoms with Crippen molar-refractivity contribution in [1.29, 1.82) is 0 Å². The average Bonchev–Trinajstić information content (AvgIpc) is 2.77. The topological polar surface area (TPSA) is 84.9 Å². The van der Waals surface area contributed by atoms with E-state index in [-0.39, 0.29) is 12.0 Å². The average molecular weight is 427 g/mol. The van der Waals surface area contributed by atoms with Crippen molar-refractivity contribution >= 4 is 23.5 Å². The Bertz CT molecular complexity index is 889. The first-order chi connectivity index (χ1) is 14.8. The van der Waals surface area contributed by atoms with Gasteiger partial charge in [0, 0.05) is 24.3 Å². The second kappa shape index (κ2) is 11.9. The number of rotatable bonds is 10. The maximum Gasteiger partial charge on any atom is 0.338 e. The first-order valence-electron chi connectivity index (χ1n) is 10.4. The number of hydrogen-bond donors (Lipinski definition) is 1. The van der Waals surface area contributed by atoms with Gasteiger partial charge in [0.2, 0.25) is 0 Å². The van der Waals surface area contributed by atoms with E-state index in [4.69, 9.17) is 9.47 Å². The van der Waals surface area contributed by atoms with Gasteiger partial charge in [-0.1, -0.05) is 18.2 Å². The van der Waals surface area contributed by atoms with Gasteiger partial charge in [-0.3, -0.25) is 9.59 Å². The molecule has 0 radical (unpaired) electrons. The Kier molecular flexibility index (Phi) is 9.21. The molecule has 2 aromatic carbocycles. The Balaban J connectivity index is 1.88. The van der Waals surface area contributed by atoms with Crippen LogP contribution < -0.4 is 5.32 Å². The fourth-order valence-electron chi connectivity index (χ4n) is 2.83. The Morgan fingerprint density at radius 1 is 0.968 bits per heavy atom. The van der Waals surface area contributed by atoms with Crippen molar-refractivity contribution in [3.8, 4) is 0 Å². The number of benzene rings is 2. The van der Waals surface area contributed by atoms with Crippen molar-refractivity contribution in [2.24, 2.45) is 0 Å². The monoisotopic (exact) mass is 426 g/mol. The number of anilines is 1. The lowest BCUT2D eigenvalue weighted by molar-refractivity contribution is -0.119. The maximum absolute atomic E-state index is 12.5. The standard InChI is InChI=1S/C24H30N2O5/c1-5-26(6-2)23(28)20-8-7-9-21(14-20)25-22(27)16-31-24(29)19-12-10-18(11-13-19)15-30-17(3)4/h7-14,17H,5-6,15-16H2,1-4H3,(H,25,27). The third kappa shape index (κ3) is 7.53. The van der Waals surface area contributed by atoms with Gasteiger partial charge in [0.05, 0.1) is 18.3 Å². The van der Waals surface area contributed by atoms with Crippen LogP contribution in [0.3, 0.4) is 0 Å². The van der Waals surface area contributed by atoms with Crippen LogP contribution in [0.2, 0.25) is 0 Å². The summed E-state index contributed by atoms with van der Waals surface area (Å²) in [5, 5.41) is 2.65. The number of esters is 1. The molecule has 0 bridgehead atoms. The Hall–Kier alpha value is -3.19. The molecule has 2 aromatic rings. The van der Waals surface area contributed by atoms with E-state index in [1.54, 1.807) is 53.4 Å². The molecule has 0 aliphatic rings. The van der Waals surface area contributed by atoms with Crippen LogP contribution in [0.15, 0.2) is 48.5 Å². The van der Waals surface area contributed by atoms with Crippen LogP contribution in [0.5, 0.6) is 0 Å². The first kappa shape index (κ1) is 24.1. The predicted molar refractivity (Wildman–Crippen MR) is 119 cm³/mol. The first-order valence-corrected chi connectivity index (χ1v) is 10.4. The zero-order valence-corrected chi connectivity index (χ0v) is 18.5. The van der Waals surface area contributed by atoms with E-state index in [9.17, 15) is 14.4 Å². The Morgan fingerprint density at radius 2 is 1.65 bits per heavy atom. The summed E-state index contributed by atoms with van der Waals surface area (Å²) in [6, 6.07) is 13.5. The summed E-state index contributed by atoms with van der Waals surface area (Å²) in [7, 11) is 0. The number of carbonyl (C=O) groups is 3. The minimum Gasteiger partial charge on any atom is -0.452 e. The lowest BCUT2D eigenvalue weighted by Gasteiger charge is -2.19. The number of nitrogens with zero attached hydrogens (tertiary/aromatic N) is 1. The van der Waals surface area contributed by atoms with E-state index in [0.29, 0.717) is 36.5 Å². The highest BCUT2D eigenvalue weighted by Crippen LogP contribution is 2.13. The minimum absolute atomic E-state index is 0.102. The number of carbonyl (C=O) groups excluding carboxylic acids is 3. The minimum atomic E-state index is -0.586. The lowest BCUT2D eigenvalue weighted by Crippen LogP contribution is -2.30. The second-order valence-electron chi connectivity index (χ2n) is 7.24. The molecule has 1 N–H and O–H groups in total. The molecule has 2 rings (SSSR count). The molecule has 166 valence electrons. The number of hydrogen-bond acceptors (Lipinski definition) is 5. The fourth-order valence-corrected chi connectivity index (χ4v) is 2.83. The Morgan fingerprint density at radius 3 is 2.26 bits per heavy atom. The van der Waals surface area contributed by atoms with Gasteiger partial charge in [-0.25, -0.2) is 4.79 Å². The van der Waals surface area contributed by atoms with Gasteiger partial charge in [0.25, 0.3) is 11.8 Å². The fraction of sp³-hybridized carbons (Fsp3) is 0.375. The smallest absolute Gasteiger partial charge is 0.338 e. The molecule has 0 fully saturated rings. The van der Waals surface area contributed by atoms with E-state index in [0.717, 1.165) is 5.56 Å². The molecule has 0 saturated heterocycles. The lowest BCUT2D eigenvalue weighted by atomic mass is 10.1. The van der Waals surface area contributed by atoms with Crippen molar-refractivity contribution in [3.05, 3.63) is 65.2 Å². The molecule has 0 aliphatic carbocycles. The quantitative estimate of drug-likeness (QED) is 0.583. The maximum atomic E-state index is 12.5. The SMILES string of the molecule is CCN(CC)C(=O)c1cccc(NC(=O)COC(=O)c2ccc(COC(C)C)cc2)c1. The molecule has 31 heavy (non-hydrogen) atoms. The third-order valence-electron chi connectivity index (χ3n) is 4.55. The van der Waals surface area contributed by atoms with Crippen molar-refractivity contribution < 1.29 is 23.9 Å². The van der Waals surface area contributed by atoms with E-state index in [1.807, 2.05) is 27.7 Å². The van der Waals surface area contributed by atoms with E-state index >= 15 is 0 Å². The largest absolute Gasteiger partial charge is 0.452 e. The van der Waals surface area contributed by atoms with Crippen molar-refractivity contribution in [2.45, 2.75) is 40.4 Å². The zero-order valence-electron chi connectivity index (χ0n) is 18.5. The van der Waals surface area contributed by atoms with Gasteiger partial charge in [-0.05, 0) is 63.6 Å². The summed E-state index contributed by atoms with van der Waals surface area (Å²) in [5.41, 5.74) is 2.25. The van der Waals surface area contributed by atoms with Crippen LogP contribution in [0, 0.1) is 0 Å². The molecule has 0 aromatic heterocycles. The third-order valence-corrected chi connectivity index (χ3v) is 4.55. The van der Waals surface area contributed by atoms with Gasteiger partial charge in [0.15, 0.2) is 6.61 Å². The van der Waals surface area contributed by atoms with E-state index < -0.39 is 18.5 Å². The van der Waals surface area contributed by atoms with Gasteiger partial charge < -0.3 is 19.7 Å². The highest BCUT2D eigenvalue weighted by atomic mass is 16.5. The highest BCUT2D eigenvalue weighted by molar-refractivity contribution is 5.98. The van der Waals surface area contributed by atoms with Crippen molar-refractivity contribution in [2.75, 3.05) is 25.0 Å². The summed E-state index contributed by atoms with van der Waals surface area (Å²) in [6.45, 7) is 8.98. The van der Waals surface area contributed by atoms with Gasteiger partial charge in [0.1, 0.15) is 0 Å². The number of amides is 2. The van der Waals surface area contributed by atoms with Gasteiger partial charge in [-0.2, -0.15) is 0 Å². The van der Waals surface area contributed by atoms with E-state index in [2.05, 4.69) is 5.32 Å². The van der Waals surface area contributed by atoms with Crippen LogP contribution in [-0.2, 0) is 20.9 Å². The van der Waals surface area contributed by atoms with Crippen LogP contribution in [0.25, 0.3) is 0 Å². The highest BCUT2D eigenvalue weighted by Gasteiger charge is 2.14. The second-order valence-corrected chi connectivity index (χ2v) is 7.24.